The third-order valence-corrected chi connectivity index (χ3v) is 4.24. The Bertz CT molecular complexity index is 560. The maximum Gasteiger partial charge on any atom is 0.0449 e. The Hall–Kier alpha value is -0.900. The first kappa shape index (κ1) is 16.5. The summed E-state index contributed by atoms with van der Waals surface area (Å²) in [5.41, 5.74) is 2.48. The summed E-state index contributed by atoms with van der Waals surface area (Å²) in [6, 6.07) is 10.6. The molecule has 1 aromatic carbocycles. The second kappa shape index (κ2) is 8.52. The van der Waals surface area contributed by atoms with E-state index in [1.54, 1.807) is 0 Å². The van der Waals surface area contributed by atoms with Crippen LogP contribution in [0.15, 0.2) is 47.2 Å². The molecule has 2 rings (SSSR count). The van der Waals surface area contributed by atoms with Gasteiger partial charge in [-0.05, 0) is 61.2 Å². The molecule has 112 valence electrons. The summed E-state index contributed by atoms with van der Waals surface area (Å²) in [5.74, 6) is 0. The van der Waals surface area contributed by atoms with E-state index < -0.39 is 0 Å². The average molecular weight is 368 g/mol. The maximum absolute atomic E-state index is 6.34. The molecule has 1 aromatic heterocycles. The van der Waals surface area contributed by atoms with Gasteiger partial charge in [-0.25, -0.2) is 0 Å². The predicted octanol–water partition coefficient (Wildman–Crippen LogP) is 4.65. The molecule has 0 amide bonds. The molecular formula is C17H20BrClN2. The Balaban J connectivity index is 2.08. The molecule has 0 saturated heterocycles. The summed E-state index contributed by atoms with van der Waals surface area (Å²) < 4.78 is 1.02. The van der Waals surface area contributed by atoms with E-state index in [1.807, 2.05) is 24.5 Å². The Labute approximate surface area is 140 Å². The van der Waals surface area contributed by atoms with Crippen LogP contribution >= 0.6 is 27.5 Å². The zero-order chi connectivity index (χ0) is 15.1. The number of aromatic nitrogens is 1. The summed E-state index contributed by atoms with van der Waals surface area (Å²) in [6.45, 7) is 3.20. The molecule has 1 N–H and O–H groups in total. The van der Waals surface area contributed by atoms with E-state index in [0.29, 0.717) is 6.04 Å². The van der Waals surface area contributed by atoms with Crippen molar-refractivity contribution in [3.8, 4) is 0 Å². The van der Waals surface area contributed by atoms with Gasteiger partial charge >= 0.3 is 0 Å². The molecule has 21 heavy (non-hydrogen) atoms. The molecule has 1 heterocycles. The van der Waals surface area contributed by atoms with Crippen molar-refractivity contribution in [1.82, 2.24) is 10.3 Å². The molecule has 0 fully saturated rings. The van der Waals surface area contributed by atoms with Gasteiger partial charge in [-0.3, -0.25) is 4.98 Å². The number of nitrogens with zero attached hydrogens (tertiary/aromatic N) is 1. The molecule has 0 aliphatic carbocycles. The highest BCUT2D eigenvalue weighted by Crippen LogP contribution is 2.23. The zero-order valence-corrected chi connectivity index (χ0v) is 14.5. The molecule has 2 aromatic rings. The van der Waals surface area contributed by atoms with Crippen LogP contribution in [0.25, 0.3) is 0 Å². The zero-order valence-electron chi connectivity index (χ0n) is 12.2. The van der Waals surface area contributed by atoms with Crippen LogP contribution in [0.4, 0.5) is 0 Å². The maximum atomic E-state index is 6.34. The van der Waals surface area contributed by atoms with Gasteiger partial charge < -0.3 is 5.32 Å². The highest BCUT2D eigenvalue weighted by molar-refractivity contribution is 9.10. The fourth-order valence-electron chi connectivity index (χ4n) is 2.32. The van der Waals surface area contributed by atoms with Crippen molar-refractivity contribution in [2.75, 3.05) is 6.54 Å². The number of pyridine rings is 1. The van der Waals surface area contributed by atoms with Gasteiger partial charge in [0.1, 0.15) is 0 Å². The number of halogens is 2. The minimum absolute atomic E-state index is 0.381. The van der Waals surface area contributed by atoms with Crippen molar-refractivity contribution in [2.24, 2.45) is 0 Å². The van der Waals surface area contributed by atoms with Crippen LogP contribution in [0, 0.1) is 0 Å². The SMILES string of the molecule is CCCNC(Cc1ccncc1)Cc1ccc(Br)cc1Cl. The molecule has 1 atom stereocenters. The lowest BCUT2D eigenvalue weighted by atomic mass is 9.99. The molecule has 0 saturated carbocycles. The third kappa shape index (κ3) is 5.42. The number of nitrogens with one attached hydrogen (secondary N) is 1. The molecular weight excluding hydrogens is 348 g/mol. The van der Waals surface area contributed by atoms with Gasteiger partial charge in [0, 0.05) is 27.9 Å². The highest BCUT2D eigenvalue weighted by atomic mass is 79.9. The molecule has 0 aliphatic rings. The minimum atomic E-state index is 0.381. The van der Waals surface area contributed by atoms with Crippen molar-refractivity contribution < 1.29 is 0 Å². The van der Waals surface area contributed by atoms with Gasteiger partial charge in [0.2, 0.25) is 0 Å². The standard InChI is InChI=1S/C17H20BrClN2/c1-2-7-21-16(10-13-5-8-20-9-6-13)11-14-3-4-15(18)12-17(14)19/h3-6,8-9,12,16,21H,2,7,10-11H2,1H3. The normalized spacial score (nSPS) is 12.3. The van der Waals surface area contributed by atoms with E-state index in [0.717, 1.165) is 35.3 Å². The van der Waals surface area contributed by atoms with E-state index in [9.17, 15) is 0 Å². The van der Waals surface area contributed by atoms with E-state index in [1.165, 1.54) is 11.1 Å². The van der Waals surface area contributed by atoms with E-state index in [2.05, 4.69) is 51.4 Å². The fraction of sp³-hybridized carbons (Fsp3) is 0.353. The van der Waals surface area contributed by atoms with Crippen LogP contribution < -0.4 is 5.32 Å². The van der Waals surface area contributed by atoms with Gasteiger partial charge in [-0.1, -0.05) is 40.5 Å². The summed E-state index contributed by atoms with van der Waals surface area (Å²) in [4.78, 5) is 4.08. The van der Waals surface area contributed by atoms with Crippen molar-refractivity contribution in [3.63, 3.8) is 0 Å². The summed E-state index contributed by atoms with van der Waals surface area (Å²) in [6.07, 6.45) is 6.72. The van der Waals surface area contributed by atoms with Crippen molar-refractivity contribution >= 4 is 27.5 Å². The highest BCUT2D eigenvalue weighted by Gasteiger charge is 2.12. The second-order valence-corrected chi connectivity index (χ2v) is 6.47. The lowest BCUT2D eigenvalue weighted by Crippen LogP contribution is -2.33. The first-order valence-electron chi connectivity index (χ1n) is 7.25. The lowest BCUT2D eigenvalue weighted by Gasteiger charge is -2.19. The van der Waals surface area contributed by atoms with Gasteiger partial charge in [-0.15, -0.1) is 0 Å². The van der Waals surface area contributed by atoms with E-state index >= 15 is 0 Å². The summed E-state index contributed by atoms with van der Waals surface area (Å²) in [7, 11) is 0. The third-order valence-electron chi connectivity index (χ3n) is 3.40. The number of benzene rings is 1. The Kier molecular flexibility index (Phi) is 6.68. The van der Waals surface area contributed by atoms with Crippen LogP contribution in [0.5, 0.6) is 0 Å². The van der Waals surface area contributed by atoms with Gasteiger partial charge in [-0.2, -0.15) is 0 Å². The lowest BCUT2D eigenvalue weighted by molar-refractivity contribution is 0.504. The van der Waals surface area contributed by atoms with E-state index in [-0.39, 0.29) is 0 Å². The minimum Gasteiger partial charge on any atom is -0.313 e. The van der Waals surface area contributed by atoms with Crippen LogP contribution in [-0.2, 0) is 12.8 Å². The Morgan fingerprint density at radius 1 is 1.19 bits per heavy atom. The smallest absolute Gasteiger partial charge is 0.0449 e. The van der Waals surface area contributed by atoms with Crippen LogP contribution in [0.2, 0.25) is 5.02 Å². The first-order valence-corrected chi connectivity index (χ1v) is 8.42. The molecule has 2 nitrogen and oxygen atoms in total. The molecule has 0 bridgehead atoms. The van der Waals surface area contributed by atoms with Crippen molar-refractivity contribution in [3.05, 3.63) is 63.3 Å². The van der Waals surface area contributed by atoms with Gasteiger partial charge in [0.05, 0.1) is 0 Å². The Morgan fingerprint density at radius 2 is 1.95 bits per heavy atom. The number of rotatable bonds is 7. The molecule has 4 heteroatoms. The van der Waals surface area contributed by atoms with Crippen LogP contribution in [0.1, 0.15) is 24.5 Å². The Morgan fingerprint density at radius 3 is 2.62 bits per heavy atom. The summed E-state index contributed by atoms with van der Waals surface area (Å²) >= 11 is 9.79. The molecule has 0 aliphatic heterocycles. The molecule has 0 radical (unpaired) electrons. The van der Waals surface area contributed by atoms with Crippen LogP contribution in [-0.4, -0.2) is 17.6 Å². The molecule has 0 spiro atoms. The van der Waals surface area contributed by atoms with Crippen molar-refractivity contribution in [1.29, 1.82) is 0 Å². The summed E-state index contributed by atoms with van der Waals surface area (Å²) in [5, 5.41) is 4.44. The average Bonchev–Trinajstić information content (AvgIpc) is 2.48. The second-order valence-electron chi connectivity index (χ2n) is 5.15. The fourth-order valence-corrected chi connectivity index (χ4v) is 3.07. The van der Waals surface area contributed by atoms with Crippen LogP contribution in [0.3, 0.4) is 0 Å². The van der Waals surface area contributed by atoms with Crippen molar-refractivity contribution in [2.45, 2.75) is 32.2 Å². The largest absolute Gasteiger partial charge is 0.313 e. The van der Waals surface area contributed by atoms with E-state index in [4.69, 9.17) is 11.6 Å². The molecule has 1 unspecified atom stereocenters. The quantitative estimate of drug-likeness (QED) is 0.770. The number of hydrogen-bond acceptors (Lipinski definition) is 2. The topological polar surface area (TPSA) is 24.9 Å². The van der Waals surface area contributed by atoms with Gasteiger partial charge in [0.25, 0.3) is 0 Å². The van der Waals surface area contributed by atoms with Gasteiger partial charge in [0.15, 0.2) is 0 Å². The predicted molar refractivity (Wildman–Crippen MR) is 92.9 cm³/mol. The first-order chi connectivity index (χ1) is 10.2. The number of hydrogen-bond donors (Lipinski definition) is 1. The monoisotopic (exact) mass is 366 g/mol.